The summed E-state index contributed by atoms with van der Waals surface area (Å²) in [5.41, 5.74) is 15.9. The van der Waals surface area contributed by atoms with Crippen molar-refractivity contribution >= 4 is 16.7 Å². The van der Waals surface area contributed by atoms with E-state index in [9.17, 15) is 4.79 Å². The number of hydrogen-bond acceptors (Lipinski definition) is 7. The molecule has 2 fully saturated rings. The molecule has 154 valence electrons. The van der Waals surface area contributed by atoms with E-state index in [1.54, 1.807) is 4.90 Å². The molecular formula is C21H24N8O. The van der Waals surface area contributed by atoms with Crippen LogP contribution in [0.2, 0.25) is 0 Å². The Morgan fingerprint density at radius 2 is 1.97 bits per heavy atom. The lowest BCUT2D eigenvalue weighted by atomic mass is 10.0. The van der Waals surface area contributed by atoms with Crippen molar-refractivity contribution in [2.45, 2.75) is 44.4 Å². The molecule has 2 aliphatic heterocycles. The quantitative estimate of drug-likeness (QED) is 0.527. The van der Waals surface area contributed by atoms with Crippen LogP contribution in [0.15, 0.2) is 30.5 Å². The molecule has 3 aliphatic rings. The molecule has 1 amide bonds. The number of nitrogens with zero attached hydrogens (tertiary/aromatic N) is 4. The molecular weight excluding hydrogens is 380 g/mol. The van der Waals surface area contributed by atoms with E-state index in [1.807, 2.05) is 20.2 Å². The first-order valence-electron chi connectivity index (χ1n) is 10.4. The van der Waals surface area contributed by atoms with Crippen molar-refractivity contribution in [3.8, 4) is 11.3 Å². The van der Waals surface area contributed by atoms with Crippen molar-refractivity contribution in [3.63, 3.8) is 0 Å². The topological polar surface area (TPSA) is 99.1 Å². The Morgan fingerprint density at radius 3 is 2.73 bits per heavy atom. The molecule has 1 saturated carbocycles. The lowest BCUT2D eigenvalue weighted by molar-refractivity contribution is -0.135. The molecule has 1 aromatic carbocycles. The number of carbonyl (C=O) groups excluding carboxylic acids is 1. The van der Waals surface area contributed by atoms with Gasteiger partial charge in [0.05, 0.1) is 23.6 Å². The Balaban J connectivity index is 1.52. The number of pyridine rings is 1. The highest BCUT2D eigenvalue weighted by Gasteiger charge is 2.38. The largest absolute Gasteiger partial charge is 0.338 e. The molecule has 1 atom stereocenters. The molecule has 9 heteroatoms. The summed E-state index contributed by atoms with van der Waals surface area (Å²) in [5, 5.41) is 2.17. The van der Waals surface area contributed by atoms with Crippen molar-refractivity contribution < 1.29 is 4.79 Å². The summed E-state index contributed by atoms with van der Waals surface area (Å²) < 4.78 is 2.19. The predicted molar refractivity (Wildman–Crippen MR) is 111 cm³/mol. The van der Waals surface area contributed by atoms with Gasteiger partial charge in [-0.2, -0.15) is 11.1 Å². The van der Waals surface area contributed by atoms with Crippen LogP contribution in [0.1, 0.15) is 55.1 Å². The molecule has 0 spiro atoms. The van der Waals surface area contributed by atoms with Crippen LogP contribution < -0.4 is 21.9 Å². The van der Waals surface area contributed by atoms with Gasteiger partial charge < -0.3 is 9.47 Å². The number of rotatable bonds is 3. The zero-order chi connectivity index (χ0) is 20.4. The number of fused-ring (bicyclic) bond motifs is 2. The second kappa shape index (κ2) is 6.58. The van der Waals surface area contributed by atoms with E-state index in [0.29, 0.717) is 12.5 Å². The fourth-order valence-corrected chi connectivity index (χ4v) is 4.60. The fraction of sp³-hybridized carbons (Fsp3) is 0.381. The number of nitrogens with one attached hydrogen (secondary N) is 4. The van der Waals surface area contributed by atoms with Gasteiger partial charge in [-0.15, -0.1) is 0 Å². The van der Waals surface area contributed by atoms with Gasteiger partial charge in [0.15, 0.2) is 0 Å². The number of aromatic nitrogens is 3. The molecule has 4 N–H and O–H groups in total. The molecule has 3 aromatic rings. The average molecular weight is 404 g/mol. The first kappa shape index (κ1) is 18.0. The second-order valence-corrected chi connectivity index (χ2v) is 8.39. The summed E-state index contributed by atoms with van der Waals surface area (Å²) in [4.78, 5) is 24.2. The molecule has 4 heterocycles. The van der Waals surface area contributed by atoms with Crippen LogP contribution in [0.5, 0.6) is 0 Å². The van der Waals surface area contributed by atoms with Gasteiger partial charge in [-0.1, -0.05) is 18.2 Å². The monoisotopic (exact) mass is 404 g/mol. The summed E-state index contributed by atoms with van der Waals surface area (Å²) in [5.74, 6) is 1.68. The zero-order valence-electron chi connectivity index (χ0n) is 16.9. The van der Waals surface area contributed by atoms with Crippen molar-refractivity contribution in [2.75, 3.05) is 7.05 Å². The Bertz CT molecular complexity index is 1160. The summed E-state index contributed by atoms with van der Waals surface area (Å²) in [6.45, 7) is 2.56. The van der Waals surface area contributed by atoms with E-state index in [0.717, 1.165) is 52.1 Å². The third-order valence-electron chi connectivity index (χ3n) is 6.32. The number of carbonyl (C=O) groups is 1. The van der Waals surface area contributed by atoms with Crippen LogP contribution in [0.4, 0.5) is 0 Å². The highest BCUT2D eigenvalue weighted by Crippen LogP contribution is 2.44. The molecule has 9 nitrogen and oxygen atoms in total. The maximum Gasteiger partial charge on any atom is 0.245 e. The summed E-state index contributed by atoms with van der Waals surface area (Å²) in [6, 6.07) is 8.15. The van der Waals surface area contributed by atoms with E-state index in [4.69, 9.17) is 4.98 Å². The number of hydrazine groups is 3. The summed E-state index contributed by atoms with van der Waals surface area (Å²) in [6.07, 6.45) is 4.11. The highest BCUT2D eigenvalue weighted by molar-refractivity contribution is 5.96. The standard InChI is InChI=1S/C21H24N8O/c1-11-21(30)28(2)10-17-18(23-20(29(11)17)12-6-7-12)14-5-3-4-13-8-16(22-9-15(13)14)19-24-26-27-25-19/h3-5,8-9,11-12,19,24-27H,6-7,10H2,1-2H3. The Hall–Kier alpha value is -2.85. The second-order valence-electron chi connectivity index (χ2n) is 8.39. The van der Waals surface area contributed by atoms with Crippen LogP contribution in [-0.4, -0.2) is 32.4 Å². The van der Waals surface area contributed by atoms with Crippen LogP contribution in [-0.2, 0) is 11.3 Å². The van der Waals surface area contributed by atoms with Crippen molar-refractivity contribution in [3.05, 3.63) is 47.7 Å². The van der Waals surface area contributed by atoms with Crippen LogP contribution in [0.3, 0.4) is 0 Å². The van der Waals surface area contributed by atoms with Gasteiger partial charge >= 0.3 is 0 Å². The normalized spacial score (nSPS) is 22.1. The lowest BCUT2D eigenvalue weighted by Crippen LogP contribution is -2.39. The number of hydrogen-bond donors (Lipinski definition) is 4. The third-order valence-corrected chi connectivity index (χ3v) is 6.32. The van der Waals surface area contributed by atoms with Crippen molar-refractivity contribution in [2.24, 2.45) is 0 Å². The van der Waals surface area contributed by atoms with Gasteiger partial charge in [0.2, 0.25) is 5.91 Å². The molecule has 30 heavy (non-hydrogen) atoms. The third kappa shape index (κ3) is 2.67. The molecule has 1 unspecified atom stereocenters. The Labute approximate surface area is 173 Å². The minimum absolute atomic E-state index is 0.111. The van der Waals surface area contributed by atoms with E-state index in [1.165, 1.54) is 0 Å². The number of benzene rings is 1. The van der Waals surface area contributed by atoms with E-state index in [2.05, 4.69) is 55.7 Å². The van der Waals surface area contributed by atoms with Gasteiger partial charge in [-0.05, 0) is 31.2 Å². The number of amides is 1. The Morgan fingerprint density at radius 1 is 1.17 bits per heavy atom. The minimum atomic E-state index is -0.213. The van der Waals surface area contributed by atoms with Gasteiger partial charge in [-0.3, -0.25) is 9.78 Å². The highest BCUT2D eigenvalue weighted by atomic mass is 16.2. The molecule has 1 aliphatic carbocycles. The summed E-state index contributed by atoms with van der Waals surface area (Å²) in [7, 11) is 1.87. The Kier molecular flexibility index (Phi) is 3.94. The molecule has 1 saturated heterocycles. The molecule has 2 aromatic heterocycles. The van der Waals surface area contributed by atoms with Gasteiger partial charge in [0, 0.05) is 30.1 Å². The molecule has 0 bridgehead atoms. The first-order valence-corrected chi connectivity index (χ1v) is 10.4. The molecule has 6 rings (SSSR count). The van der Waals surface area contributed by atoms with Gasteiger partial charge in [0.1, 0.15) is 18.0 Å². The average Bonchev–Trinajstić information content (AvgIpc) is 3.31. The van der Waals surface area contributed by atoms with E-state index < -0.39 is 0 Å². The minimum Gasteiger partial charge on any atom is -0.338 e. The number of imidazole rings is 1. The van der Waals surface area contributed by atoms with Crippen molar-refractivity contribution in [1.82, 2.24) is 41.4 Å². The zero-order valence-corrected chi connectivity index (χ0v) is 16.9. The van der Waals surface area contributed by atoms with Crippen LogP contribution in [0.25, 0.3) is 22.0 Å². The van der Waals surface area contributed by atoms with Crippen LogP contribution in [0, 0.1) is 0 Å². The van der Waals surface area contributed by atoms with Gasteiger partial charge in [-0.25, -0.2) is 15.8 Å². The van der Waals surface area contributed by atoms with E-state index in [-0.39, 0.29) is 18.1 Å². The van der Waals surface area contributed by atoms with Gasteiger partial charge in [0.25, 0.3) is 0 Å². The van der Waals surface area contributed by atoms with Crippen molar-refractivity contribution in [1.29, 1.82) is 0 Å². The maximum absolute atomic E-state index is 12.6. The predicted octanol–water partition coefficient (Wildman–Crippen LogP) is 1.62. The van der Waals surface area contributed by atoms with Crippen LogP contribution >= 0.6 is 0 Å². The number of likely N-dealkylation sites (N-methyl/N-ethyl adjacent to an activating group) is 1. The summed E-state index contributed by atoms with van der Waals surface area (Å²) >= 11 is 0. The van der Waals surface area contributed by atoms with E-state index >= 15 is 0 Å². The maximum atomic E-state index is 12.6. The first-order chi connectivity index (χ1) is 14.6. The molecule has 0 radical (unpaired) electrons. The smallest absolute Gasteiger partial charge is 0.245 e. The lowest BCUT2D eigenvalue weighted by Gasteiger charge is -2.31. The SMILES string of the molecule is CC1C(=O)N(C)Cc2c(-c3cccc4cc(C5NNNN5)ncc34)nc(C3CC3)n21. The fourth-order valence-electron chi connectivity index (χ4n) is 4.60.